The highest BCUT2D eigenvalue weighted by molar-refractivity contribution is 6.41. The van der Waals surface area contributed by atoms with E-state index < -0.39 is 63.8 Å². The molecule has 8 nitrogen and oxygen atoms in total. The van der Waals surface area contributed by atoms with Crippen molar-refractivity contribution in [1.82, 2.24) is 9.47 Å². The van der Waals surface area contributed by atoms with Gasteiger partial charge in [-0.15, -0.1) is 0 Å². The smallest absolute Gasteiger partial charge is 0.294 e. The quantitative estimate of drug-likeness (QED) is 0.120. The lowest BCUT2D eigenvalue weighted by Gasteiger charge is -2.35. The molecule has 47 heavy (non-hydrogen) atoms. The van der Waals surface area contributed by atoms with Crippen LogP contribution in [0.1, 0.15) is 22.3 Å². The molecule has 244 valence electrons. The number of benzene rings is 3. The van der Waals surface area contributed by atoms with Crippen molar-refractivity contribution in [3.63, 3.8) is 0 Å². The third-order valence-electron chi connectivity index (χ3n) is 7.92. The van der Waals surface area contributed by atoms with E-state index in [9.17, 15) is 37.1 Å². The van der Waals surface area contributed by atoms with Gasteiger partial charge in [0.25, 0.3) is 11.5 Å². The van der Waals surface area contributed by atoms with Crippen molar-refractivity contribution >= 4 is 28.8 Å². The van der Waals surface area contributed by atoms with Gasteiger partial charge in [0.1, 0.15) is 29.0 Å². The highest BCUT2D eigenvalue weighted by atomic mass is 19.1. The summed E-state index contributed by atoms with van der Waals surface area (Å²) in [7, 11) is 3.89. The number of piperazine rings is 1. The van der Waals surface area contributed by atoms with Crippen molar-refractivity contribution < 1.29 is 32.3 Å². The summed E-state index contributed by atoms with van der Waals surface area (Å²) in [5.41, 5.74) is 0.790. The van der Waals surface area contributed by atoms with Crippen molar-refractivity contribution in [3.8, 4) is 0 Å². The molecule has 0 radical (unpaired) electrons. The van der Waals surface area contributed by atoms with Crippen molar-refractivity contribution in [2.24, 2.45) is 0 Å². The maximum atomic E-state index is 14.5. The molecule has 1 saturated heterocycles. The number of anilines is 2. The molecule has 12 heteroatoms. The number of ketones is 1. The number of halogens is 4. The fourth-order valence-electron chi connectivity index (χ4n) is 5.42. The minimum absolute atomic E-state index is 0.119. The summed E-state index contributed by atoms with van der Waals surface area (Å²) >= 11 is 0. The Bertz CT molecular complexity index is 1880. The van der Waals surface area contributed by atoms with Crippen molar-refractivity contribution in [3.05, 3.63) is 135 Å². The van der Waals surface area contributed by atoms with Gasteiger partial charge in [0.05, 0.1) is 12.1 Å². The summed E-state index contributed by atoms with van der Waals surface area (Å²) < 4.78 is 57.4. The SMILES string of the molecule is CN(C)c1ccc(N2CCN(C(=O)C(=O)/C=C(/O)c3cc(Cc4c(F)cc(F)cc4F)cn(Cc4cccc(F)c4)c3=O)CC2)cc1. The summed E-state index contributed by atoms with van der Waals surface area (Å²) in [4.78, 5) is 44.8. The van der Waals surface area contributed by atoms with E-state index in [1.165, 1.54) is 29.3 Å². The number of aliphatic hydroxyl groups is 1. The minimum Gasteiger partial charge on any atom is -0.507 e. The van der Waals surface area contributed by atoms with E-state index in [0.717, 1.165) is 22.0 Å². The molecule has 0 unspecified atom stereocenters. The minimum atomic E-state index is -1.15. The number of hydrogen-bond donors (Lipinski definition) is 1. The lowest BCUT2D eigenvalue weighted by molar-refractivity contribution is -0.142. The Morgan fingerprint density at radius 2 is 1.51 bits per heavy atom. The molecule has 1 amide bonds. The zero-order chi connectivity index (χ0) is 33.8. The fraction of sp³-hybridized carbons (Fsp3) is 0.229. The number of carbonyl (C=O) groups excluding carboxylic acids is 2. The van der Waals surface area contributed by atoms with Crippen LogP contribution in [0.25, 0.3) is 5.76 Å². The first-order chi connectivity index (χ1) is 22.4. The van der Waals surface area contributed by atoms with E-state index in [4.69, 9.17) is 0 Å². The van der Waals surface area contributed by atoms with Gasteiger partial charge in [-0.3, -0.25) is 14.4 Å². The molecular weight excluding hydrogens is 616 g/mol. The largest absolute Gasteiger partial charge is 0.507 e. The highest BCUT2D eigenvalue weighted by Gasteiger charge is 2.26. The number of carbonyl (C=O) groups is 2. The maximum Gasteiger partial charge on any atom is 0.294 e. The van der Waals surface area contributed by atoms with Crippen LogP contribution < -0.4 is 15.4 Å². The van der Waals surface area contributed by atoms with Crippen LogP contribution in [0, 0.1) is 23.3 Å². The van der Waals surface area contributed by atoms with Crippen LogP contribution in [-0.2, 0) is 22.6 Å². The predicted molar refractivity (Wildman–Crippen MR) is 171 cm³/mol. The third-order valence-corrected chi connectivity index (χ3v) is 7.92. The van der Waals surface area contributed by atoms with Crippen LogP contribution in [-0.4, -0.2) is 66.5 Å². The van der Waals surface area contributed by atoms with Crippen LogP contribution in [0.3, 0.4) is 0 Å². The average molecular weight is 649 g/mol. The molecular formula is C35H32F4N4O4. The predicted octanol–water partition coefficient (Wildman–Crippen LogP) is 4.93. The van der Waals surface area contributed by atoms with E-state index in [1.807, 2.05) is 43.3 Å². The zero-order valence-electron chi connectivity index (χ0n) is 25.7. The molecule has 4 aromatic rings. The van der Waals surface area contributed by atoms with E-state index in [2.05, 4.69) is 4.90 Å². The summed E-state index contributed by atoms with van der Waals surface area (Å²) in [6.07, 6.45) is 1.46. The number of amides is 1. The summed E-state index contributed by atoms with van der Waals surface area (Å²) in [6.45, 7) is 1.26. The molecule has 1 aliphatic rings. The summed E-state index contributed by atoms with van der Waals surface area (Å²) in [5.74, 6) is -6.74. The van der Waals surface area contributed by atoms with Gasteiger partial charge in [0.2, 0.25) is 5.78 Å². The van der Waals surface area contributed by atoms with Crippen LogP contribution in [0.4, 0.5) is 28.9 Å². The number of pyridine rings is 1. The number of aliphatic hydroxyl groups excluding tert-OH is 1. The molecule has 3 aromatic carbocycles. The average Bonchev–Trinajstić information content (AvgIpc) is 3.03. The van der Waals surface area contributed by atoms with Crippen LogP contribution >= 0.6 is 0 Å². The standard InChI is InChI=1S/C35H32F4N4O4/c1-40(2)26-6-8-27(9-7-26)41-10-12-42(13-11-41)35(47)33(45)19-32(44)29-16-23(15-28-30(38)17-25(37)18-31(28)39)21-43(34(29)46)20-22-4-3-5-24(36)14-22/h3-9,14,16-19,21,44H,10-13,15,20H2,1-2H3/b32-19+. The topological polar surface area (TPSA) is 86.1 Å². The Kier molecular flexibility index (Phi) is 9.78. The molecule has 0 aliphatic carbocycles. The number of rotatable bonds is 9. The van der Waals surface area contributed by atoms with Crippen LogP contribution in [0.15, 0.2) is 83.8 Å². The normalized spacial score (nSPS) is 13.5. The van der Waals surface area contributed by atoms with Crippen molar-refractivity contribution in [2.75, 3.05) is 50.1 Å². The van der Waals surface area contributed by atoms with Gasteiger partial charge in [-0.05, 0) is 53.6 Å². The molecule has 0 saturated carbocycles. The fourth-order valence-corrected chi connectivity index (χ4v) is 5.42. The van der Waals surface area contributed by atoms with E-state index >= 15 is 0 Å². The Balaban J connectivity index is 1.38. The molecule has 1 aliphatic heterocycles. The first kappa shape index (κ1) is 33.0. The molecule has 0 bridgehead atoms. The Morgan fingerprint density at radius 3 is 2.13 bits per heavy atom. The second kappa shape index (κ2) is 13.9. The van der Waals surface area contributed by atoms with Gasteiger partial charge in [-0.25, -0.2) is 17.6 Å². The second-order valence-electron chi connectivity index (χ2n) is 11.4. The number of nitrogens with zero attached hydrogens (tertiary/aromatic N) is 4. The molecule has 0 spiro atoms. The van der Waals surface area contributed by atoms with Crippen LogP contribution in [0.2, 0.25) is 0 Å². The van der Waals surface area contributed by atoms with Crippen molar-refractivity contribution in [1.29, 1.82) is 0 Å². The lowest BCUT2D eigenvalue weighted by Crippen LogP contribution is -2.50. The second-order valence-corrected chi connectivity index (χ2v) is 11.4. The maximum absolute atomic E-state index is 14.5. The van der Waals surface area contributed by atoms with Gasteiger partial charge in [-0.1, -0.05) is 12.1 Å². The van der Waals surface area contributed by atoms with Gasteiger partial charge < -0.3 is 24.4 Å². The Hall–Kier alpha value is -5.39. The van der Waals surface area contributed by atoms with Crippen molar-refractivity contribution in [2.45, 2.75) is 13.0 Å². The molecule has 1 aromatic heterocycles. The lowest BCUT2D eigenvalue weighted by atomic mass is 10.0. The first-order valence-corrected chi connectivity index (χ1v) is 14.8. The van der Waals surface area contributed by atoms with E-state index in [1.54, 1.807) is 6.07 Å². The first-order valence-electron chi connectivity index (χ1n) is 14.8. The van der Waals surface area contributed by atoms with Crippen LogP contribution in [0.5, 0.6) is 0 Å². The third kappa shape index (κ3) is 7.71. The number of hydrogen-bond acceptors (Lipinski definition) is 6. The van der Waals surface area contributed by atoms with Gasteiger partial charge in [0.15, 0.2) is 0 Å². The molecule has 1 fully saturated rings. The summed E-state index contributed by atoms with van der Waals surface area (Å²) in [6, 6.07) is 15.5. The molecule has 2 heterocycles. The highest BCUT2D eigenvalue weighted by Crippen LogP contribution is 2.22. The van der Waals surface area contributed by atoms with Gasteiger partial charge in [0, 0.05) is 88.0 Å². The summed E-state index contributed by atoms with van der Waals surface area (Å²) in [5, 5.41) is 10.9. The van der Waals surface area contributed by atoms with E-state index in [-0.39, 0.29) is 25.2 Å². The Labute approximate surface area is 268 Å². The van der Waals surface area contributed by atoms with E-state index in [0.29, 0.717) is 36.9 Å². The van der Waals surface area contributed by atoms with Gasteiger partial charge in [-0.2, -0.15) is 0 Å². The molecule has 0 atom stereocenters. The van der Waals surface area contributed by atoms with Gasteiger partial charge >= 0.3 is 0 Å². The molecule has 5 rings (SSSR count). The molecule has 1 N–H and O–H groups in total. The Morgan fingerprint density at radius 1 is 0.851 bits per heavy atom. The number of aromatic nitrogens is 1. The zero-order valence-corrected chi connectivity index (χ0v) is 25.7. The monoisotopic (exact) mass is 648 g/mol.